The minimum absolute atomic E-state index is 0. The fourth-order valence-corrected chi connectivity index (χ4v) is 3.78. The molecule has 1 atom stereocenters. The molecule has 1 saturated heterocycles. The first-order valence-electron chi connectivity index (χ1n) is 11.0. The number of nitrogens with one attached hydrogen (secondary N) is 1. The van der Waals surface area contributed by atoms with E-state index in [4.69, 9.17) is 9.47 Å². The van der Waals surface area contributed by atoms with Crippen molar-refractivity contribution < 1.29 is 9.47 Å². The molecule has 0 saturated carbocycles. The van der Waals surface area contributed by atoms with Gasteiger partial charge in [-0.05, 0) is 29.5 Å². The Morgan fingerprint density at radius 1 is 1.03 bits per heavy atom. The van der Waals surface area contributed by atoms with Crippen LogP contribution in [0.5, 0.6) is 0 Å². The van der Waals surface area contributed by atoms with Crippen molar-refractivity contribution >= 4 is 29.9 Å². The van der Waals surface area contributed by atoms with Crippen LogP contribution in [0.4, 0.5) is 0 Å². The number of aliphatic imine (C=N–C) groups is 1. The molecule has 31 heavy (non-hydrogen) atoms. The number of halogens is 1. The maximum atomic E-state index is 5.96. The molecule has 170 valence electrons. The smallest absolute Gasteiger partial charge is 0.193 e. The maximum absolute atomic E-state index is 5.96. The van der Waals surface area contributed by atoms with E-state index in [2.05, 4.69) is 70.7 Å². The third-order valence-electron chi connectivity index (χ3n) is 5.42. The van der Waals surface area contributed by atoms with Gasteiger partial charge in [0.1, 0.15) is 0 Å². The molecule has 0 aromatic heterocycles. The lowest BCUT2D eigenvalue weighted by Crippen LogP contribution is -2.40. The lowest BCUT2D eigenvalue weighted by atomic mass is 10.1. The van der Waals surface area contributed by atoms with E-state index in [-0.39, 0.29) is 24.0 Å². The Kier molecular flexibility index (Phi) is 11.9. The van der Waals surface area contributed by atoms with E-state index < -0.39 is 0 Å². The lowest BCUT2D eigenvalue weighted by Gasteiger charge is -2.22. The van der Waals surface area contributed by atoms with Gasteiger partial charge in [-0.3, -0.25) is 4.99 Å². The Labute approximate surface area is 204 Å². The summed E-state index contributed by atoms with van der Waals surface area (Å²) in [5.41, 5.74) is 3.73. The molecule has 5 nitrogen and oxygen atoms in total. The van der Waals surface area contributed by atoms with Crippen LogP contribution in [0.15, 0.2) is 59.6 Å². The number of likely N-dealkylation sites (tertiary alicyclic amines) is 1. The van der Waals surface area contributed by atoms with E-state index in [1.54, 1.807) is 0 Å². The van der Waals surface area contributed by atoms with Crippen molar-refractivity contribution in [1.82, 2.24) is 10.2 Å². The minimum Gasteiger partial charge on any atom is -0.377 e. The highest BCUT2D eigenvalue weighted by Gasteiger charge is 2.25. The Morgan fingerprint density at radius 2 is 1.77 bits per heavy atom. The predicted molar refractivity (Wildman–Crippen MR) is 138 cm³/mol. The van der Waals surface area contributed by atoms with Crippen molar-refractivity contribution in [3.05, 3.63) is 71.3 Å². The molecule has 1 aliphatic heterocycles. The van der Waals surface area contributed by atoms with Crippen LogP contribution in [0.25, 0.3) is 0 Å². The van der Waals surface area contributed by atoms with E-state index in [0.29, 0.717) is 19.1 Å². The first-order valence-corrected chi connectivity index (χ1v) is 11.0. The average molecular weight is 537 g/mol. The van der Waals surface area contributed by atoms with E-state index in [1.165, 1.54) is 16.7 Å². The van der Waals surface area contributed by atoms with E-state index in [0.717, 1.165) is 51.6 Å². The fraction of sp³-hybridized carbons (Fsp3) is 0.480. The molecule has 0 bridgehead atoms. The van der Waals surface area contributed by atoms with Crippen LogP contribution in [-0.2, 0) is 29.2 Å². The van der Waals surface area contributed by atoms with Crippen LogP contribution >= 0.6 is 24.0 Å². The van der Waals surface area contributed by atoms with Crippen LogP contribution in [0, 0.1) is 5.92 Å². The Morgan fingerprint density at radius 3 is 2.52 bits per heavy atom. The summed E-state index contributed by atoms with van der Waals surface area (Å²) in [5.74, 6) is 1.51. The van der Waals surface area contributed by atoms with E-state index >= 15 is 0 Å². The van der Waals surface area contributed by atoms with Crippen LogP contribution in [0.3, 0.4) is 0 Å². The first-order chi connectivity index (χ1) is 14.8. The van der Waals surface area contributed by atoms with Crippen molar-refractivity contribution in [2.45, 2.75) is 39.5 Å². The summed E-state index contributed by atoms with van der Waals surface area (Å²) < 4.78 is 11.7. The highest BCUT2D eigenvalue weighted by atomic mass is 127. The Hall–Kier alpha value is -1.64. The van der Waals surface area contributed by atoms with Crippen LogP contribution in [-0.4, -0.2) is 44.2 Å². The van der Waals surface area contributed by atoms with E-state index in [9.17, 15) is 0 Å². The number of guanidine groups is 1. The molecule has 2 aromatic carbocycles. The van der Waals surface area contributed by atoms with Gasteiger partial charge in [0.25, 0.3) is 0 Å². The second-order valence-electron chi connectivity index (χ2n) is 7.82. The Balaban J connectivity index is 0.00000341. The van der Waals surface area contributed by atoms with Crippen LogP contribution in [0.1, 0.15) is 36.5 Å². The largest absolute Gasteiger partial charge is 0.377 e. The average Bonchev–Trinajstić information content (AvgIpc) is 3.25. The van der Waals surface area contributed by atoms with Gasteiger partial charge in [0.2, 0.25) is 0 Å². The van der Waals surface area contributed by atoms with Crippen LogP contribution < -0.4 is 5.32 Å². The maximum Gasteiger partial charge on any atom is 0.193 e. The molecule has 0 amide bonds. The van der Waals surface area contributed by atoms with Gasteiger partial charge in [-0.2, -0.15) is 0 Å². The molecule has 2 aromatic rings. The zero-order valence-corrected chi connectivity index (χ0v) is 21.1. The second kappa shape index (κ2) is 14.4. The predicted octanol–water partition coefficient (Wildman–Crippen LogP) is 4.85. The molecule has 1 N–H and O–H groups in total. The first kappa shape index (κ1) is 25.6. The van der Waals surface area contributed by atoms with Gasteiger partial charge in [0.15, 0.2) is 5.96 Å². The summed E-state index contributed by atoms with van der Waals surface area (Å²) in [6, 6.07) is 18.8. The third-order valence-corrected chi connectivity index (χ3v) is 5.42. The monoisotopic (exact) mass is 537 g/mol. The number of rotatable bonds is 10. The summed E-state index contributed by atoms with van der Waals surface area (Å²) in [6.07, 6.45) is 2.18. The number of nitrogens with zero attached hydrogens (tertiary/aromatic N) is 2. The number of hydrogen-bond acceptors (Lipinski definition) is 3. The number of benzene rings is 2. The zero-order chi connectivity index (χ0) is 21.0. The molecule has 0 aliphatic carbocycles. The van der Waals surface area contributed by atoms with Crippen molar-refractivity contribution in [2.24, 2.45) is 10.9 Å². The normalized spacial score (nSPS) is 16.3. The molecular formula is C25H36IN3O2. The SMILES string of the molecule is CCCOCc1ccccc1CNC(=NC)N1CCC(COCc2ccccc2)C1.I. The van der Waals surface area contributed by atoms with Gasteiger partial charge < -0.3 is 19.7 Å². The molecule has 1 fully saturated rings. The van der Waals surface area contributed by atoms with Crippen molar-refractivity contribution in [1.29, 1.82) is 0 Å². The number of ether oxygens (including phenoxy) is 2. The van der Waals surface area contributed by atoms with Gasteiger partial charge in [0, 0.05) is 39.2 Å². The summed E-state index contributed by atoms with van der Waals surface area (Å²) >= 11 is 0. The highest BCUT2D eigenvalue weighted by Crippen LogP contribution is 2.18. The molecule has 0 radical (unpaired) electrons. The van der Waals surface area contributed by atoms with Gasteiger partial charge in [-0.25, -0.2) is 0 Å². The molecule has 6 heteroatoms. The molecule has 0 spiro atoms. The van der Waals surface area contributed by atoms with Gasteiger partial charge in [-0.1, -0.05) is 61.5 Å². The summed E-state index contributed by atoms with van der Waals surface area (Å²) in [4.78, 5) is 6.85. The number of hydrogen-bond donors (Lipinski definition) is 1. The van der Waals surface area contributed by atoms with Gasteiger partial charge in [-0.15, -0.1) is 24.0 Å². The summed E-state index contributed by atoms with van der Waals surface area (Å²) in [7, 11) is 1.86. The summed E-state index contributed by atoms with van der Waals surface area (Å²) in [6.45, 7) is 7.81. The second-order valence-corrected chi connectivity index (χ2v) is 7.82. The van der Waals surface area contributed by atoms with E-state index in [1.807, 2.05) is 13.1 Å². The van der Waals surface area contributed by atoms with Crippen LogP contribution in [0.2, 0.25) is 0 Å². The highest BCUT2D eigenvalue weighted by molar-refractivity contribution is 14.0. The molecule has 1 heterocycles. The van der Waals surface area contributed by atoms with Crippen molar-refractivity contribution in [3.63, 3.8) is 0 Å². The van der Waals surface area contributed by atoms with Gasteiger partial charge in [0.05, 0.1) is 19.8 Å². The molecule has 3 rings (SSSR count). The lowest BCUT2D eigenvalue weighted by molar-refractivity contribution is 0.0906. The third kappa shape index (κ3) is 8.43. The minimum atomic E-state index is 0. The van der Waals surface area contributed by atoms with Gasteiger partial charge >= 0.3 is 0 Å². The fourth-order valence-electron chi connectivity index (χ4n) is 3.78. The summed E-state index contributed by atoms with van der Waals surface area (Å²) in [5, 5.41) is 3.54. The zero-order valence-electron chi connectivity index (χ0n) is 18.8. The quantitative estimate of drug-likeness (QED) is 0.204. The molecule has 1 aliphatic rings. The molecule has 1 unspecified atom stereocenters. The standard InChI is InChI=1S/C25H35N3O2.HI/c1-3-15-29-20-24-12-8-7-11-23(24)16-27-25(26-2)28-14-13-22(17-28)19-30-18-21-9-5-4-6-10-21;/h4-12,22H,3,13-20H2,1-2H3,(H,26,27);1H. The Bertz CT molecular complexity index is 785. The molecular weight excluding hydrogens is 501 g/mol. The van der Waals surface area contributed by atoms with Crippen molar-refractivity contribution in [3.8, 4) is 0 Å². The van der Waals surface area contributed by atoms with Crippen molar-refractivity contribution in [2.75, 3.05) is 33.4 Å². The topological polar surface area (TPSA) is 46.1 Å².